The molecule has 0 radical (unpaired) electrons. The Morgan fingerprint density at radius 1 is 1.56 bits per heavy atom. The molecule has 0 spiro atoms. The average Bonchev–Trinajstić information content (AvgIpc) is 2.25. The smallest absolute Gasteiger partial charge is 0.271 e. The lowest BCUT2D eigenvalue weighted by Gasteiger charge is -2.19. The van der Waals surface area contributed by atoms with Crippen molar-refractivity contribution in [2.75, 3.05) is 32.2 Å². The SMILES string of the molecule is COCCN(C)c1ccc([N+](=O)[O-])cc1Cl. The van der Waals surface area contributed by atoms with Gasteiger partial charge in [-0.25, -0.2) is 0 Å². The van der Waals surface area contributed by atoms with E-state index in [-0.39, 0.29) is 5.69 Å². The molecule has 6 heteroatoms. The van der Waals surface area contributed by atoms with E-state index < -0.39 is 4.92 Å². The van der Waals surface area contributed by atoms with Gasteiger partial charge in [0.05, 0.1) is 22.2 Å². The van der Waals surface area contributed by atoms with Crippen LogP contribution in [0.15, 0.2) is 18.2 Å². The zero-order valence-electron chi connectivity index (χ0n) is 9.14. The fourth-order valence-corrected chi connectivity index (χ4v) is 1.59. The Kier molecular flexibility index (Phi) is 4.52. The Bertz CT molecular complexity index is 384. The lowest BCUT2D eigenvalue weighted by atomic mass is 10.2. The average molecular weight is 245 g/mol. The predicted molar refractivity (Wildman–Crippen MR) is 63.3 cm³/mol. The van der Waals surface area contributed by atoms with Crippen LogP contribution in [0.2, 0.25) is 5.02 Å². The zero-order valence-corrected chi connectivity index (χ0v) is 9.90. The standard InChI is InChI=1S/C10H13ClN2O3/c1-12(5-6-16-2)10-4-3-8(13(14)15)7-9(10)11/h3-4,7H,5-6H2,1-2H3. The van der Waals surface area contributed by atoms with Crippen molar-refractivity contribution in [2.24, 2.45) is 0 Å². The van der Waals surface area contributed by atoms with Crippen LogP contribution in [0, 0.1) is 10.1 Å². The Morgan fingerprint density at radius 2 is 2.25 bits per heavy atom. The molecule has 1 aromatic rings. The van der Waals surface area contributed by atoms with Crippen LogP contribution in [-0.2, 0) is 4.74 Å². The summed E-state index contributed by atoms with van der Waals surface area (Å²) in [4.78, 5) is 11.9. The van der Waals surface area contributed by atoms with E-state index in [4.69, 9.17) is 16.3 Å². The highest BCUT2D eigenvalue weighted by molar-refractivity contribution is 6.33. The van der Waals surface area contributed by atoms with Crippen molar-refractivity contribution in [1.82, 2.24) is 0 Å². The number of nitro groups is 1. The summed E-state index contributed by atoms with van der Waals surface area (Å²) in [6, 6.07) is 4.42. The Morgan fingerprint density at radius 3 is 2.75 bits per heavy atom. The molecule has 0 bridgehead atoms. The molecule has 0 saturated heterocycles. The van der Waals surface area contributed by atoms with Gasteiger partial charge in [-0.2, -0.15) is 0 Å². The molecule has 1 aromatic carbocycles. The zero-order chi connectivity index (χ0) is 12.1. The monoisotopic (exact) mass is 244 g/mol. The molecule has 0 aliphatic carbocycles. The summed E-state index contributed by atoms with van der Waals surface area (Å²) >= 11 is 5.96. The molecule has 0 saturated carbocycles. The van der Waals surface area contributed by atoms with E-state index in [2.05, 4.69) is 0 Å². The maximum absolute atomic E-state index is 10.5. The van der Waals surface area contributed by atoms with E-state index in [0.29, 0.717) is 18.2 Å². The predicted octanol–water partition coefficient (Wildman–Crippen LogP) is 2.33. The van der Waals surface area contributed by atoms with Gasteiger partial charge in [0.1, 0.15) is 0 Å². The number of hydrogen-bond donors (Lipinski definition) is 0. The van der Waals surface area contributed by atoms with Crippen LogP contribution >= 0.6 is 11.6 Å². The molecular weight excluding hydrogens is 232 g/mol. The number of anilines is 1. The summed E-state index contributed by atoms with van der Waals surface area (Å²) in [5.74, 6) is 0. The van der Waals surface area contributed by atoms with Crippen LogP contribution in [0.5, 0.6) is 0 Å². The molecule has 0 heterocycles. The summed E-state index contributed by atoms with van der Waals surface area (Å²) in [6.07, 6.45) is 0. The second kappa shape index (κ2) is 5.67. The van der Waals surface area contributed by atoms with Crippen molar-refractivity contribution < 1.29 is 9.66 Å². The van der Waals surface area contributed by atoms with E-state index in [1.54, 1.807) is 13.2 Å². The highest BCUT2D eigenvalue weighted by Crippen LogP contribution is 2.28. The number of benzene rings is 1. The van der Waals surface area contributed by atoms with Crippen molar-refractivity contribution in [3.05, 3.63) is 33.3 Å². The molecule has 0 aromatic heterocycles. The number of methoxy groups -OCH3 is 1. The van der Waals surface area contributed by atoms with Gasteiger partial charge in [-0.15, -0.1) is 0 Å². The summed E-state index contributed by atoms with van der Waals surface area (Å²) in [7, 11) is 3.47. The second-order valence-corrected chi connectivity index (χ2v) is 3.71. The summed E-state index contributed by atoms with van der Waals surface area (Å²) in [5, 5.41) is 10.9. The number of non-ortho nitro benzene ring substituents is 1. The molecule has 16 heavy (non-hydrogen) atoms. The minimum atomic E-state index is -0.467. The second-order valence-electron chi connectivity index (χ2n) is 3.31. The quantitative estimate of drug-likeness (QED) is 0.589. The molecule has 0 fully saturated rings. The molecular formula is C10H13ClN2O3. The Balaban J connectivity index is 2.85. The van der Waals surface area contributed by atoms with Crippen LogP contribution in [-0.4, -0.2) is 32.2 Å². The molecule has 5 nitrogen and oxygen atoms in total. The van der Waals surface area contributed by atoms with Gasteiger partial charge in [-0.3, -0.25) is 10.1 Å². The number of hydrogen-bond acceptors (Lipinski definition) is 4. The minimum Gasteiger partial charge on any atom is -0.383 e. The molecule has 0 atom stereocenters. The molecule has 0 aliphatic rings. The maximum Gasteiger partial charge on any atom is 0.271 e. The highest BCUT2D eigenvalue weighted by Gasteiger charge is 2.11. The number of ether oxygens (including phenoxy) is 1. The van der Waals surface area contributed by atoms with Crippen LogP contribution < -0.4 is 4.90 Å². The fraction of sp³-hybridized carbons (Fsp3) is 0.400. The fourth-order valence-electron chi connectivity index (χ4n) is 1.27. The molecule has 0 N–H and O–H groups in total. The molecule has 0 amide bonds. The maximum atomic E-state index is 10.5. The van der Waals surface area contributed by atoms with Gasteiger partial charge in [0.2, 0.25) is 0 Å². The third-order valence-corrected chi connectivity index (χ3v) is 2.49. The van der Waals surface area contributed by atoms with Crippen molar-refractivity contribution >= 4 is 23.0 Å². The van der Waals surface area contributed by atoms with E-state index in [0.717, 1.165) is 5.69 Å². The first-order chi connectivity index (χ1) is 7.56. The number of rotatable bonds is 5. The lowest BCUT2D eigenvalue weighted by Crippen LogP contribution is -2.22. The van der Waals surface area contributed by atoms with Gasteiger partial charge in [-0.1, -0.05) is 11.6 Å². The van der Waals surface area contributed by atoms with Crippen molar-refractivity contribution in [3.63, 3.8) is 0 Å². The van der Waals surface area contributed by atoms with Gasteiger partial charge >= 0.3 is 0 Å². The van der Waals surface area contributed by atoms with Gasteiger partial charge in [0.15, 0.2) is 0 Å². The largest absolute Gasteiger partial charge is 0.383 e. The van der Waals surface area contributed by atoms with E-state index in [1.807, 2.05) is 11.9 Å². The normalized spacial score (nSPS) is 10.2. The third-order valence-electron chi connectivity index (χ3n) is 2.18. The van der Waals surface area contributed by atoms with E-state index >= 15 is 0 Å². The van der Waals surface area contributed by atoms with Crippen LogP contribution in [0.3, 0.4) is 0 Å². The molecule has 1 rings (SSSR count). The summed E-state index contributed by atoms with van der Waals surface area (Å²) in [6.45, 7) is 1.25. The number of nitrogens with zero attached hydrogens (tertiary/aromatic N) is 2. The Hall–Kier alpha value is -1.33. The number of nitro benzene ring substituents is 1. The summed E-state index contributed by atoms with van der Waals surface area (Å²) < 4.78 is 4.94. The van der Waals surface area contributed by atoms with Crippen molar-refractivity contribution in [2.45, 2.75) is 0 Å². The lowest BCUT2D eigenvalue weighted by molar-refractivity contribution is -0.384. The van der Waals surface area contributed by atoms with Gasteiger partial charge in [0.25, 0.3) is 5.69 Å². The van der Waals surface area contributed by atoms with Gasteiger partial charge in [0, 0.05) is 32.8 Å². The number of likely N-dealkylation sites (N-methyl/N-ethyl adjacent to an activating group) is 1. The summed E-state index contributed by atoms with van der Waals surface area (Å²) in [5.41, 5.74) is 0.748. The highest BCUT2D eigenvalue weighted by atomic mass is 35.5. The van der Waals surface area contributed by atoms with E-state index in [1.165, 1.54) is 12.1 Å². The third kappa shape index (κ3) is 3.08. The van der Waals surface area contributed by atoms with Crippen molar-refractivity contribution in [3.8, 4) is 0 Å². The van der Waals surface area contributed by atoms with Gasteiger partial charge < -0.3 is 9.64 Å². The minimum absolute atomic E-state index is 0.00566. The van der Waals surface area contributed by atoms with Crippen LogP contribution in [0.1, 0.15) is 0 Å². The molecule has 0 unspecified atom stereocenters. The van der Waals surface area contributed by atoms with E-state index in [9.17, 15) is 10.1 Å². The molecule has 88 valence electrons. The van der Waals surface area contributed by atoms with Gasteiger partial charge in [-0.05, 0) is 6.07 Å². The van der Waals surface area contributed by atoms with Crippen LogP contribution in [0.4, 0.5) is 11.4 Å². The first kappa shape index (κ1) is 12.7. The first-order valence-electron chi connectivity index (χ1n) is 4.70. The van der Waals surface area contributed by atoms with Crippen LogP contribution in [0.25, 0.3) is 0 Å². The first-order valence-corrected chi connectivity index (χ1v) is 5.08. The van der Waals surface area contributed by atoms with Crippen molar-refractivity contribution in [1.29, 1.82) is 0 Å². The number of halogens is 1. The Labute approximate surface area is 98.7 Å². The topological polar surface area (TPSA) is 55.6 Å². The molecule has 0 aliphatic heterocycles.